The molecule has 0 amide bonds. The Kier molecular flexibility index (Phi) is 7.81. The van der Waals surface area contributed by atoms with Gasteiger partial charge in [0.25, 0.3) is 0 Å². The third kappa shape index (κ3) is 5.00. The molecule has 24 heavy (non-hydrogen) atoms. The molecule has 2 aromatic carbocycles. The highest BCUT2D eigenvalue weighted by Gasteiger charge is 2.13. The van der Waals surface area contributed by atoms with E-state index >= 15 is 0 Å². The van der Waals surface area contributed by atoms with Crippen molar-refractivity contribution in [2.24, 2.45) is 0 Å². The Hall–Kier alpha value is -1.00. The second-order valence-corrected chi connectivity index (χ2v) is 7.41. The van der Waals surface area contributed by atoms with Crippen molar-refractivity contribution < 1.29 is 13.2 Å². The third-order valence-corrected chi connectivity index (χ3v) is 4.87. The van der Waals surface area contributed by atoms with Crippen LogP contribution in [-0.4, -0.2) is 0 Å². The Labute approximate surface area is 155 Å². The van der Waals surface area contributed by atoms with E-state index in [1.165, 1.54) is 0 Å². The van der Waals surface area contributed by atoms with E-state index in [9.17, 15) is 13.2 Å². The Morgan fingerprint density at radius 3 is 1.75 bits per heavy atom. The zero-order valence-electron chi connectivity index (χ0n) is 14.4. The molecular formula is C19H21BrClF3. The molecule has 0 atom stereocenters. The molecule has 0 aliphatic rings. The molecule has 2 rings (SSSR count). The average molecular weight is 422 g/mol. The van der Waals surface area contributed by atoms with E-state index in [0.29, 0.717) is 21.2 Å². The first-order valence-corrected chi connectivity index (χ1v) is 8.82. The summed E-state index contributed by atoms with van der Waals surface area (Å²) in [4.78, 5) is 0. The largest absolute Gasteiger partial charge is 0.205 e. The van der Waals surface area contributed by atoms with Crippen molar-refractivity contribution >= 4 is 27.5 Å². The second kappa shape index (κ2) is 8.91. The van der Waals surface area contributed by atoms with Crippen LogP contribution in [0.4, 0.5) is 13.2 Å². The van der Waals surface area contributed by atoms with Gasteiger partial charge in [-0.2, -0.15) is 0 Å². The maximum absolute atomic E-state index is 13.4. The first kappa shape index (κ1) is 21.0. The number of halogens is 5. The van der Waals surface area contributed by atoms with Gasteiger partial charge in [-0.15, -0.1) is 0 Å². The van der Waals surface area contributed by atoms with Crippen LogP contribution in [-0.2, 0) is 0 Å². The minimum Gasteiger partial charge on any atom is -0.205 e. The topological polar surface area (TPSA) is 0 Å². The van der Waals surface area contributed by atoms with Gasteiger partial charge in [-0.3, -0.25) is 0 Å². The summed E-state index contributed by atoms with van der Waals surface area (Å²) in [5.41, 5.74) is 1.46. The minimum absolute atomic E-state index is 0.0279. The maximum Gasteiger partial charge on any atom is 0.162 e. The predicted molar refractivity (Wildman–Crippen MR) is 98.4 cm³/mol. The van der Waals surface area contributed by atoms with Crippen molar-refractivity contribution in [3.8, 4) is 0 Å². The van der Waals surface area contributed by atoms with Crippen molar-refractivity contribution in [2.75, 3.05) is 0 Å². The number of rotatable bonds is 2. The molecule has 5 heteroatoms. The van der Waals surface area contributed by atoms with E-state index in [4.69, 9.17) is 11.6 Å². The normalized spacial score (nSPS) is 10.8. The Morgan fingerprint density at radius 2 is 1.25 bits per heavy atom. The monoisotopic (exact) mass is 420 g/mol. The van der Waals surface area contributed by atoms with E-state index < -0.39 is 11.6 Å². The van der Waals surface area contributed by atoms with Crippen molar-refractivity contribution in [1.82, 2.24) is 0 Å². The van der Waals surface area contributed by atoms with Crippen molar-refractivity contribution in [2.45, 2.75) is 46.5 Å². The van der Waals surface area contributed by atoms with Gasteiger partial charge >= 0.3 is 0 Å². The third-order valence-electron chi connectivity index (χ3n) is 3.61. The number of hydrogen-bond acceptors (Lipinski definition) is 0. The molecule has 0 aliphatic heterocycles. The Bertz CT molecular complexity index is 651. The summed E-state index contributed by atoms with van der Waals surface area (Å²) in [5, 5.41) is 0.168. The van der Waals surface area contributed by atoms with E-state index in [0.717, 1.165) is 0 Å². The molecule has 2 aromatic rings. The number of aryl methyl sites for hydroxylation is 1. The smallest absolute Gasteiger partial charge is 0.162 e. The van der Waals surface area contributed by atoms with Crippen LogP contribution in [0.15, 0.2) is 28.7 Å². The fourth-order valence-corrected chi connectivity index (χ4v) is 2.57. The second-order valence-electron chi connectivity index (χ2n) is 6.17. The highest BCUT2D eigenvalue weighted by Crippen LogP contribution is 2.30. The van der Waals surface area contributed by atoms with E-state index in [-0.39, 0.29) is 22.7 Å². The number of hydrogen-bond donors (Lipinski definition) is 0. The highest BCUT2D eigenvalue weighted by molar-refractivity contribution is 9.10. The molecule has 0 radical (unpaired) electrons. The zero-order valence-corrected chi connectivity index (χ0v) is 16.7. The van der Waals surface area contributed by atoms with Gasteiger partial charge in [0.05, 0.1) is 5.02 Å². The SMILES string of the molecule is CC(C)c1ccc(Br)c(Cl)c1F.Cc1ccc(C(C)C)c(F)c1F. The minimum atomic E-state index is -0.721. The van der Waals surface area contributed by atoms with Gasteiger partial charge < -0.3 is 0 Å². The molecule has 0 N–H and O–H groups in total. The summed E-state index contributed by atoms with van der Waals surface area (Å²) < 4.78 is 40.1. The fraction of sp³-hybridized carbons (Fsp3) is 0.368. The molecule has 132 valence electrons. The summed E-state index contributed by atoms with van der Waals surface area (Å²) in [6, 6.07) is 6.75. The lowest BCUT2D eigenvalue weighted by atomic mass is 10.0. The predicted octanol–water partition coefficient (Wildman–Crippen LogP) is 7.76. The summed E-state index contributed by atoms with van der Waals surface area (Å²) in [5.74, 6) is -1.55. The Morgan fingerprint density at radius 1 is 0.792 bits per heavy atom. The lowest BCUT2D eigenvalue weighted by Gasteiger charge is -2.08. The number of benzene rings is 2. The van der Waals surface area contributed by atoms with Crippen LogP contribution in [0, 0.1) is 24.4 Å². The van der Waals surface area contributed by atoms with Gasteiger partial charge in [0.15, 0.2) is 11.6 Å². The molecular weight excluding hydrogens is 401 g/mol. The van der Waals surface area contributed by atoms with Gasteiger partial charge in [0, 0.05) is 4.47 Å². The summed E-state index contributed by atoms with van der Waals surface area (Å²) in [7, 11) is 0. The first-order valence-electron chi connectivity index (χ1n) is 7.65. The van der Waals surface area contributed by atoms with Gasteiger partial charge in [0.2, 0.25) is 0 Å². The summed E-state index contributed by atoms with van der Waals surface area (Å²) >= 11 is 8.86. The van der Waals surface area contributed by atoms with Gasteiger partial charge in [0.1, 0.15) is 5.82 Å². The van der Waals surface area contributed by atoms with Crippen LogP contribution < -0.4 is 0 Å². The summed E-state index contributed by atoms with van der Waals surface area (Å²) in [6.07, 6.45) is 0. The zero-order chi connectivity index (χ0) is 18.6. The molecule has 0 bridgehead atoms. The van der Waals surface area contributed by atoms with E-state index in [2.05, 4.69) is 15.9 Å². The fourth-order valence-electron chi connectivity index (χ4n) is 2.09. The molecule has 0 heterocycles. The summed E-state index contributed by atoms with van der Waals surface area (Å²) in [6.45, 7) is 9.11. The van der Waals surface area contributed by atoms with E-state index in [1.54, 1.807) is 31.2 Å². The van der Waals surface area contributed by atoms with E-state index in [1.807, 2.05) is 27.7 Å². The lowest BCUT2D eigenvalue weighted by molar-refractivity contribution is 0.489. The molecule has 0 nitrogen and oxygen atoms in total. The molecule has 0 unspecified atom stereocenters. The molecule has 0 aromatic heterocycles. The van der Waals surface area contributed by atoms with Crippen LogP contribution in [0.25, 0.3) is 0 Å². The average Bonchev–Trinajstić information content (AvgIpc) is 2.50. The Balaban J connectivity index is 0.000000240. The van der Waals surface area contributed by atoms with Crippen LogP contribution in [0.3, 0.4) is 0 Å². The van der Waals surface area contributed by atoms with Gasteiger partial charge in [-0.25, -0.2) is 13.2 Å². The van der Waals surface area contributed by atoms with Crippen LogP contribution >= 0.6 is 27.5 Å². The molecule has 0 saturated heterocycles. The molecule has 0 saturated carbocycles. The quantitative estimate of drug-likeness (QED) is 0.435. The molecule has 0 fully saturated rings. The maximum atomic E-state index is 13.4. The standard InChI is InChI=1S/C10H12F2.C9H9BrClF/c1-6(2)8-5-4-7(3)9(11)10(8)12;1-5(2)6-3-4-7(10)8(11)9(6)12/h4-6H,1-3H3;3-5H,1-2H3. The van der Waals surface area contributed by atoms with Crippen molar-refractivity contribution in [3.05, 3.63) is 67.9 Å². The lowest BCUT2D eigenvalue weighted by Crippen LogP contribution is -1.98. The highest BCUT2D eigenvalue weighted by atomic mass is 79.9. The van der Waals surface area contributed by atoms with Crippen molar-refractivity contribution in [3.63, 3.8) is 0 Å². The molecule has 0 spiro atoms. The van der Waals surface area contributed by atoms with Crippen LogP contribution in [0.2, 0.25) is 5.02 Å². The molecule has 0 aliphatic carbocycles. The first-order chi connectivity index (χ1) is 11.1. The van der Waals surface area contributed by atoms with Crippen LogP contribution in [0.5, 0.6) is 0 Å². The van der Waals surface area contributed by atoms with Crippen molar-refractivity contribution in [1.29, 1.82) is 0 Å². The van der Waals surface area contributed by atoms with Crippen LogP contribution in [0.1, 0.15) is 56.2 Å². The van der Waals surface area contributed by atoms with Gasteiger partial charge in [-0.1, -0.05) is 57.5 Å². The van der Waals surface area contributed by atoms with Gasteiger partial charge in [-0.05, 0) is 57.4 Å².